The second-order valence-electron chi connectivity index (χ2n) is 7.78. The van der Waals surface area contributed by atoms with Gasteiger partial charge in [-0.3, -0.25) is 9.69 Å². The smallest absolute Gasteiger partial charge is 0.246 e. The van der Waals surface area contributed by atoms with Crippen LogP contribution in [0.3, 0.4) is 0 Å². The first-order valence-electron chi connectivity index (χ1n) is 10.1. The van der Waals surface area contributed by atoms with Crippen molar-refractivity contribution in [3.8, 4) is 11.5 Å². The van der Waals surface area contributed by atoms with E-state index in [0.29, 0.717) is 11.5 Å². The first-order valence-corrected chi connectivity index (χ1v) is 10.1. The summed E-state index contributed by atoms with van der Waals surface area (Å²) in [4.78, 5) is 17.3. The third-order valence-corrected chi connectivity index (χ3v) is 5.42. The second-order valence-corrected chi connectivity index (χ2v) is 7.78. The number of methoxy groups -OCH3 is 2. The van der Waals surface area contributed by atoms with Crippen LogP contribution in [0.2, 0.25) is 0 Å². The van der Waals surface area contributed by atoms with E-state index in [4.69, 9.17) is 14.2 Å². The molecule has 0 bridgehead atoms. The predicted molar refractivity (Wildman–Crippen MR) is 110 cm³/mol. The van der Waals surface area contributed by atoms with Crippen molar-refractivity contribution in [3.05, 3.63) is 29.8 Å². The third kappa shape index (κ3) is 5.26. The van der Waals surface area contributed by atoms with Gasteiger partial charge < -0.3 is 19.1 Å². The Bertz CT molecular complexity index is 674. The Morgan fingerprint density at radius 2 is 1.79 bits per heavy atom. The largest absolute Gasteiger partial charge is 0.497 e. The summed E-state index contributed by atoms with van der Waals surface area (Å²) >= 11 is 0. The van der Waals surface area contributed by atoms with Crippen LogP contribution in [0.5, 0.6) is 11.5 Å². The van der Waals surface area contributed by atoms with Crippen LogP contribution in [-0.4, -0.2) is 74.4 Å². The van der Waals surface area contributed by atoms with Gasteiger partial charge in [-0.25, -0.2) is 0 Å². The normalized spacial score (nSPS) is 26.0. The number of hydrogen-bond acceptors (Lipinski definition) is 5. The van der Waals surface area contributed by atoms with Crippen LogP contribution in [0.15, 0.2) is 24.3 Å². The van der Waals surface area contributed by atoms with Crippen molar-refractivity contribution in [1.82, 2.24) is 9.80 Å². The van der Waals surface area contributed by atoms with Gasteiger partial charge in [0.25, 0.3) is 0 Å². The van der Waals surface area contributed by atoms with E-state index in [1.807, 2.05) is 29.2 Å². The van der Waals surface area contributed by atoms with Crippen molar-refractivity contribution in [3.63, 3.8) is 0 Å². The van der Waals surface area contributed by atoms with Crippen LogP contribution >= 0.6 is 0 Å². The summed E-state index contributed by atoms with van der Waals surface area (Å²) in [7, 11) is 3.24. The Morgan fingerprint density at radius 1 is 1.14 bits per heavy atom. The Kier molecular flexibility index (Phi) is 6.97. The SMILES string of the molecule is COc1cc(C=CC(=O)N2CCCC2CN2CC(C)OC(C)C2)cc(OC)c1. The highest BCUT2D eigenvalue weighted by Gasteiger charge is 2.31. The molecular weight excluding hydrogens is 356 g/mol. The summed E-state index contributed by atoms with van der Waals surface area (Å²) in [5, 5.41) is 0. The molecule has 6 heteroatoms. The van der Waals surface area contributed by atoms with Gasteiger partial charge in [-0.05, 0) is 50.5 Å². The molecule has 2 fully saturated rings. The molecule has 0 radical (unpaired) electrons. The topological polar surface area (TPSA) is 51.2 Å². The summed E-state index contributed by atoms with van der Waals surface area (Å²) in [6.45, 7) is 7.84. The first-order chi connectivity index (χ1) is 13.5. The Morgan fingerprint density at radius 3 is 2.39 bits per heavy atom. The lowest BCUT2D eigenvalue weighted by Gasteiger charge is -2.38. The van der Waals surface area contributed by atoms with Gasteiger partial charge in [0.05, 0.1) is 26.4 Å². The van der Waals surface area contributed by atoms with E-state index in [-0.39, 0.29) is 24.2 Å². The van der Waals surface area contributed by atoms with Gasteiger partial charge >= 0.3 is 0 Å². The fraction of sp³-hybridized carbons (Fsp3) is 0.591. The number of benzene rings is 1. The van der Waals surface area contributed by atoms with Crippen molar-refractivity contribution in [2.24, 2.45) is 0 Å². The van der Waals surface area contributed by atoms with Crippen molar-refractivity contribution in [2.75, 3.05) is 40.4 Å². The highest BCUT2D eigenvalue weighted by atomic mass is 16.5. The molecule has 0 N–H and O–H groups in total. The number of rotatable bonds is 6. The molecule has 0 aromatic heterocycles. The highest BCUT2D eigenvalue weighted by Crippen LogP contribution is 2.24. The predicted octanol–water partition coefficient (Wildman–Crippen LogP) is 2.82. The highest BCUT2D eigenvalue weighted by molar-refractivity contribution is 5.92. The molecule has 1 aromatic carbocycles. The number of hydrogen-bond donors (Lipinski definition) is 0. The molecule has 154 valence electrons. The molecule has 1 amide bonds. The molecule has 3 rings (SSSR count). The fourth-order valence-electron chi connectivity index (χ4n) is 4.24. The standard InChI is InChI=1S/C22H32N2O4/c1-16-13-23(14-17(2)28-16)15-19-6-5-9-24(19)22(25)8-7-18-10-20(26-3)12-21(11-18)27-4/h7-8,10-12,16-17,19H,5-6,9,13-15H2,1-4H3. The van der Waals surface area contributed by atoms with Gasteiger partial charge in [0.2, 0.25) is 5.91 Å². The number of morpholine rings is 1. The van der Waals surface area contributed by atoms with Crippen LogP contribution in [0.25, 0.3) is 6.08 Å². The van der Waals surface area contributed by atoms with Crippen molar-refractivity contribution in [2.45, 2.75) is 44.9 Å². The van der Waals surface area contributed by atoms with Gasteiger partial charge in [0.1, 0.15) is 11.5 Å². The lowest BCUT2D eigenvalue weighted by molar-refractivity contribution is -0.127. The minimum atomic E-state index is 0.0682. The Balaban J connectivity index is 1.63. The summed E-state index contributed by atoms with van der Waals surface area (Å²) in [6.07, 6.45) is 6.12. The lowest BCUT2D eigenvalue weighted by Crippen LogP contribution is -2.50. The Hall–Kier alpha value is -2.05. The van der Waals surface area contributed by atoms with Crippen LogP contribution < -0.4 is 9.47 Å². The first kappa shape index (κ1) is 20.7. The van der Waals surface area contributed by atoms with E-state index in [1.165, 1.54) is 0 Å². The van der Waals surface area contributed by atoms with Crippen LogP contribution in [0.1, 0.15) is 32.3 Å². The van der Waals surface area contributed by atoms with Gasteiger partial charge in [-0.15, -0.1) is 0 Å². The van der Waals surface area contributed by atoms with Gasteiger partial charge in [0, 0.05) is 44.4 Å². The molecular formula is C22H32N2O4. The quantitative estimate of drug-likeness (QED) is 0.702. The fourth-order valence-corrected chi connectivity index (χ4v) is 4.24. The maximum Gasteiger partial charge on any atom is 0.246 e. The van der Waals surface area contributed by atoms with Crippen molar-refractivity contribution >= 4 is 12.0 Å². The zero-order valence-electron chi connectivity index (χ0n) is 17.4. The zero-order chi connectivity index (χ0) is 20.1. The number of ether oxygens (including phenoxy) is 3. The summed E-state index contributed by atoms with van der Waals surface area (Å²) < 4.78 is 16.4. The van der Waals surface area contributed by atoms with E-state index < -0.39 is 0 Å². The average Bonchev–Trinajstić information content (AvgIpc) is 3.13. The second kappa shape index (κ2) is 9.43. The number of carbonyl (C=O) groups is 1. The molecule has 3 unspecified atom stereocenters. The molecule has 2 aliphatic rings. The molecule has 2 heterocycles. The van der Waals surface area contributed by atoms with E-state index in [1.54, 1.807) is 20.3 Å². The minimum Gasteiger partial charge on any atom is -0.497 e. The lowest BCUT2D eigenvalue weighted by atomic mass is 10.1. The molecule has 0 saturated carbocycles. The number of amides is 1. The van der Waals surface area contributed by atoms with Gasteiger partial charge in [0.15, 0.2) is 0 Å². The van der Waals surface area contributed by atoms with Gasteiger partial charge in [-0.1, -0.05) is 0 Å². The maximum absolute atomic E-state index is 12.8. The molecule has 6 nitrogen and oxygen atoms in total. The Labute approximate surface area is 168 Å². The van der Waals surface area contributed by atoms with Crippen molar-refractivity contribution < 1.29 is 19.0 Å². The van der Waals surface area contributed by atoms with Crippen LogP contribution in [0, 0.1) is 0 Å². The van der Waals surface area contributed by atoms with E-state index in [0.717, 1.165) is 44.6 Å². The third-order valence-electron chi connectivity index (χ3n) is 5.42. The number of nitrogens with zero attached hydrogens (tertiary/aromatic N) is 2. The van der Waals surface area contributed by atoms with E-state index in [9.17, 15) is 4.79 Å². The number of likely N-dealkylation sites (tertiary alicyclic amines) is 1. The monoisotopic (exact) mass is 388 g/mol. The summed E-state index contributed by atoms with van der Waals surface area (Å²) in [5.41, 5.74) is 0.885. The minimum absolute atomic E-state index is 0.0682. The van der Waals surface area contributed by atoms with Gasteiger partial charge in [-0.2, -0.15) is 0 Å². The molecule has 0 aliphatic carbocycles. The summed E-state index contributed by atoms with van der Waals surface area (Å²) in [6, 6.07) is 5.88. The molecule has 0 spiro atoms. The van der Waals surface area contributed by atoms with E-state index >= 15 is 0 Å². The number of carbonyl (C=O) groups excluding carboxylic acids is 1. The van der Waals surface area contributed by atoms with Crippen molar-refractivity contribution in [1.29, 1.82) is 0 Å². The van der Waals surface area contributed by atoms with Crippen LogP contribution in [-0.2, 0) is 9.53 Å². The summed E-state index contributed by atoms with van der Waals surface area (Å²) in [5.74, 6) is 1.49. The molecule has 2 saturated heterocycles. The molecule has 2 aliphatic heterocycles. The van der Waals surface area contributed by atoms with E-state index in [2.05, 4.69) is 18.7 Å². The molecule has 28 heavy (non-hydrogen) atoms. The maximum atomic E-state index is 12.8. The molecule has 1 aromatic rings. The zero-order valence-corrected chi connectivity index (χ0v) is 17.4. The average molecular weight is 389 g/mol. The molecule has 3 atom stereocenters. The van der Waals surface area contributed by atoms with Crippen LogP contribution in [0.4, 0.5) is 0 Å².